The number of aliphatic hydroxyl groups excluding tert-OH is 1. The minimum absolute atomic E-state index is 0.0438. The van der Waals surface area contributed by atoms with E-state index < -0.39 is 22.0 Å². The van der Waals surface area contributed by atoms with Crippen molar-refractivity contribution in [3.63, 3.8) is 0 Å². The highest BCUT2D eigenvalue weighted by Crippen LogP contribution is 2.79. The Bertz CT molecular complexity index is 760. The Labute approximate surface area is 172 Å². The van der Waals surface area contributed by atoms with Crippen LogP contribution >= 0.6 is 0 Å². The molecule has 1 spiro atoms. The Morgan fingerprint density at radius 1 is 1.10 bits per heavy atom. The number of carbonyl (C=O) groups is 1. The number of rotatable bonds is 2. The minimum Gasteiger partial charge on any atom is -0.469 e. The number of carbonyl (C=O) groups excluding carboxylic acids is 1. The van der Waals surface area contributed by atoms with Gasteiger partial charge in [-0.3, -0.25) is 9.69 Å². The van der Waals surface area contributed by atoms with E-state index in [9.17, 15) is 20.1 Å². The highest BCUT2D eigenvalue weighted by molar-refractivity contribution is 5.74. The van der Waals surface area contributed by atoms with Crippen molar-refractivity contribution in [1.29, 1.82) is 0 Å². The van der Waals surface area contributed by atoms with Crippen LogP contribution in [0.2, 0.25) is 0 Å². The Morgan fingerprint density at radius 2 is 1.83 bits per heavy atom. The highest BCUT2D eigenvalue weighted by atomic mass is 16.5. The van der Waals surface area contributed by atoms with E-state index in [-0.39, 0.29) is 42.3 Å². The second kappa shape index (κ2) is 5.56. The first-order valence-electron chi connectivity index (χ1n) is 11.7. The zero-order valence-corrected chi connectivity index (χ0v) is 17.6. The molecule has 29 heavy (non-hydrogen) atoms. The van der Waals surface area contributed by atoms with Crippen molar-refractivity contribution in [2.45, 2.75) is 69.1 Å². The molecule has 6 rings (SSSR count). The van der Waals surface area contributed by atoms with E-state index in [4.69, 9.17) is 4.74 Å². The maximum absolute atomic E-state index is 12.9. The maximum atomic E-state index is 12.9. The van der Waals surface area contributed by atoms with E-state index in [2.05, 4.69) is 11.8 Å². The van der Waals surface area contributed by atoms with Gasteiger partial charge >= 0.3 is 5.97 Å². The highest BCUT2D eigenvalue weighted by Gasteiger charge is 2.85. The first-order valence-corrected chi connectivity index (χ1v) is 11.7. The van der Waals surface area contributed by atoms with Gasteiger partial charge in [0, 0.05) is 42.5 Å². The van der Waals surface area contributed by atoms with E-state index in [0.717, 1.165) is 45.2 Å². The zero-order chi connectivity index (χ0) is 20.4. The Morgan fingerprint density at radius 3 is 2.55 bits per heavy atom. The fraction of sp³-hybridized carbons (Fsp3) is 0.957. The number of ether oxygens (including phenoxy) is 1. The fourth-order valence-corrected chi connectivity index (χ4v) is 10.2. The quantitative estimate of drug-likeness (QED) is 0.598. The molecule has 6 nitrogen and oxygen atoms in total. The van der Waals surface area contributed by atoms with Crippen LogP contribution < -0.4 is 0 Å². The van der Waals surface area contributed by atoms with Crippen molar-refractivity contribution < 1.29 is 24.9 Å². The molecule has 2 heterocycles. The predicted octanol–water partition coefficient (Wildman–Crippen LogP) is 1.17. The first-order chi connectivity index (χ1) is 13.8. The molecule has 3 N–H and O–H groups in total. The predicted molar refractivity (Wildman–Crippen MR) is 105 cm³/mol. The summed E-state index contributed by atoms with van der Waals surface area (Å²) in [5.74, 6) is -0.0807. The number of piperidine rings is 1. The van der Waals surface area contributed by atoms with E-state index in [0.29, 0.717) is 18.8 Å². The monoisotopic (exact) mass is 405 g/mol. The normalized spacial score (nSPS) is 60.0. The Kier molecular flexibility index (Phi) is 3.65. The van der Waals surface area contributed by atoms with Crippen LogP contribution in [0.25, 0.3) is 0 Å². The maximum Gasteiger partial charge on any atom is 0.309 e. The number of hydrogen-bond acceptors (Lipinski definition) is 6. The van der Waals surface area contributed by atoms with Gasteiger partial charge in [-0.25, -0.2) is 0 Å². The summed E-state index contributed by atoms with van der Waals surface area (Å²) in [6, 6.07) is -0.178. The van der Waals surface area contributed by atoms with Crippen molar-refractivity contribution in [2.75, 3.05) is 26.8 Å². The van der Waals surface area contributed by atoms with Gasteiger partial charge in [0.25, 0.3) is 0 Å². The van der Waals surface area contributed by atoms with Crippen LogP contribution in [0, 0.1) is 40.4 Å². The summed E-state index contributed by atoms with van der Waals surface area (Å²) in [6.45, 7) is 3.92. The number of nitrogens with zero attached hydrogens (tertiary/aromatic N) is 1. The molecule has 10 atom stereocenters. The van der Waals surface area contributed by atoms with Crippen molar-refractivity contribution in [2.24, 2.45) is 40.4 Å². The van der Waals surface area contributed by atoms with Gasteiger partial charge in [0.1, 0.15) is 0 Å². The molecule has 10 unspecified atom stereocenters. The van der Waals surface area contributed by atoms with Gasteiger partial charge in [-0.2, -0.15) is 0 Å². The van der Waals surface area contributed by atoms with Crippen LogP contribution in [0.3, 0.4) is 0 Å². The van der Waals surface area contributed by atoms with Crippen molar-refractivity contribution in [3.05, 3.63) is 0 Å². The smallest absolute Gasteiger partial charge is 0.309 e. The lowest BCUT2D eigenvalue weighted by molar-refractivity contribution is -0.289. The van der Waals surface area contributed by atoms with Gasteiger partial charge < -0.3 is 20.1 Å². The summed E-state index contributed by atoms with van der Waals surface area (Å²) in [5.41, 5.74) is -2.92. The van der Waals surface area contributed by atoms with Gasteiger partial charge in [0.2, 0.25) is 0 Å². The van der Waals surface area contributed by atoms with E-state index in [1.54, 1.807) is 0 Å². The van der Waals surface area contributed by atoms with E-state index >= 15 is 0 Å². The zero-order valence-electron chi connectivity index (χ0n) is 17.6. The molecule has 2 saturated heterocycles. The van der Waals surface area contributed by atoms with Gasteiger partial charge in [0.15, 0.2) is 0 Å². The van der Waals surface area contributed by atoms with Gasteiger partial charge in [-0.1, -0.05) is 6.92 Å². The standard InChI is InChI=1S/C23H35NO5/c1-13-10-24-11-15-4-3-14-5-6-17-16(18(26)29-2)9-22(23(14,17)28)19(24)21(13,27)8-7-20(15,22)12-25/h13-17,19,25,27-28H,3-12H2,1-2H3. The molecular formula is C23H35NO5. The molecule has 0 radical (unpaired) electrons. The van der Waals surface area contributed by atoms with Crippen LogP contribution in [0.1, 0.15) is 51.9 Å². The number of hydrogen-bond donors (Lipinski definition) is 3. The summed E-state index contributed by atoms with van der Waals surface area (Å²) in [7, 11) is 1.44. The van der Waals surface area contributed by atoms with Crippen LogP contribution in [-0.4, -0.2) is 70.2 Å². The molecule has 6 fully saturated rings. The first kappa shape index (κ1) is 19.0. The van der Waals surface area contributed by atoms with Gasteiger partial charge in [-0.15, -0.1) is 0 Å². The molecule has 2 aliphatic heterocycles. The SMILES string of the molecule is COC(=O)C1CC23C4N5CC(C)C4(O)CCC2(CO)C(CCC2CCC1C23O)C5. The summed E-state index contributed by atoms with van der Waals surface area (Å²) in [5, 5.41) is 35.7. The van der Waals surface area contributed by atoms with Crippen molar-refractivity contribution >= 4 is 5.97 Å². The van der Waals surface area contributed by atoms with Crippen LogP contribution in [0.5, 0.6) is 0 Å². The minimum atomic E-state index is -1.01. The molecule has 0 amide bonds. The second-order valence-electron chi connectivity index (χ2n) is 11.3. The van der Waals surface area contributed by atoms with E-state index in [1.807, 2.05) is 0 Å². The lowest BCUT2D eigenvalue weighted by Gasteiger charge is -2.70. The van der Waals surface area contributed by atoms with Crippen LogP contribution in [0.4, 0.5) is 0 Å². The number of esters is 1. The summed E-state index contributed by atoms with van der Waals surface area (Å²) in [4.78, 5) is 15.3. The Hall–Kier alpha value is -0.690. The average molecular weight is 406 g/mol. The molecule has 162 valence electrons. The largest absolute Gasteiger partial charge is 0.469 e. The number of methoxy groups -OCH3 is 1. The molecule has 0 aromatic heterocycles. The van der Waals surface area contributed by atoms with Crippen LogP contribution in [-0.2, 0) is 9.53 Å². The van der Waals surface area contributed by atoms with Crippen molar-refractivity contribution in [1.82, 2.24) is 4.90 Å². The fourth-order valence-electron chi connectivity index (χ4n) is 10.2. The lowest BCUT2D eigenvalue weighted by Crippen LogP contribution is -2.78. The second-order valence-corrected chi connectivity index (χ2v) is 11.3. The molecule has 0 aromatic carbocycles. The topological polar surface area (TPSA) is 90.2 Å². The van der Waals surface area contributed by atoms with E-state index in [1.165, 1.54) is 7.11 Å². The molecular weight excluding hydrogens is 370 g/mol. The molecule has 4 aliphatic carbocycles. The van der Waals surface area contributed by atoms with Crippen molar-refractivity contribution in [3.8, 4) is 0 Å². The summed E-state index contributed by atoms with van der Waals surface area (Å²) in [6.07, 6.45) is 5.74. The van der Waals surface area contributed by atoms with Gasteiger partial charge in [0.05, 0.1) is 24.2 Å². The molecule has 4 bridgehead atoms. The lowest BCUT2D eigenvalue weighted by atomic mass is 9.40. The summed E-state index contributed by atoms with van der Waals surface area (Å²) < 4.78 is 5.22. The third-order valence-corrected chi connectivity index (χ3v) is 11.2. The molecule has 6 aliphatic rings. The molecule has 6 heteroatoms. The summed E-state index contributed by atoms with van der Waals surface area (Å²) >= 11 is 0. The average Bonchev–Trinajstić information content (AvgIpc) is 3.25. The number of aliphatic hydroxyl groups is 3. The molecule has 4 saturated carbocycles. The Balaban J connectivity index is 1.65. The third kappa shape index (κ3) is 1.74. The third-order valence-electron chi connectivity index (χ3n) is 11.2. The van der Waals surface area contributed by atoms with Gasteiger partial charge in [-0.05, 0) is 62.7 Å². The molecule has 0 aromatic rings. The van der Waals surface area contributed by atoms with Crippen LogP contribution in [0.15, 0.2) is 0 Å².